The Morgan fingerprint density at radius 2 is 1.76 bits per heavy atom. The summed E-state index contributed by atoms with van der Waals surface area (Å²) in [5.41, 5.74) is 2.83. The molecule has 1 atom stereocenters. The Hall–Kier alpha value is -4.49. The number of hydrogen-bond acceptors (Lipinski definition) is 5. The minimum absolute atomic E-state index is 0.00710. The summed E-state index contributed by atoms with van der Waals surface area (Å²) in [5, 5.41) is 3.29. The van der Waals surface area contributed by atoms with E-state index in [0.717, 1.165) is 24.7 Å². The molecule has 3 aromatic carbocycles. The molecular weight excluding hydrogens is 540 g/mol. The van der Waals surface area contributed by atoms with Gasteiger partial charge in [0.2, 0.25) is 5.91 Å². The molecule has 8 heteroatoms. The molecule has 5 rings (SSSR count). The number of Topliss-reactive ketones (excluding diaryl/α,β-unsaturated/α-hetero) is 1. The smallest absolute Gasteiger partial charge is 0.252 e. The van der Waals surface area contributed by atoms with E-state index in [0.29, 0.717) is 51.1 Å². The molecule has 0 bridgehead atoms. The molecule has 1 saturated carbocycles. The van der Waals surface area contributed by atoms with Crippen molar-refractivity contribution in [3.05, 3.63) is 117 Å². The van der Waals surface area contributed by atoms with Crippen LogP contribution in [-0.2, 0) is 11.2 Å². The summed E-state index contributed by atoms with van der Waals surface area (Å²) in [6.07, 6.45) is 5.00. The van der Waals surface area contributed by atoms with Crippen LogP contribution in [0.2, 0.25) is 5.02 Å². The first-order valence-electron chi connectivity index (χ1n) is 13.4. The van der Waals surface area contributed by atoms with Crippen molar-refractivity contribution in [2.45, 2.75) is 31.7 Å². The number of methoxy groups -OCH3 is 1. The number of ketones is 1. The lowest BCUT2D eigenvalue weighted by Crippen LogP contribution is -2.34. The Bertz CT molecular complexity index is 1640. The van der Waals surface area contributed by atoms with Gasteiger partial charge in [-0.15, -0.1) is 0 Å². The fourth-order valence-corrected chi connectivity index (χ4v) is 5.02. The van der Waals surface area contributed by atoms with Gasteiger partial charge in [-0.25, -0.2) is 0 Å². The van der Waals surface area contributed by atoms with Gasteiger partial charge in [-0.3, -0.25) is 23.7 Å². The maximum Gasteiger partial charge on any atom is 0.252 e. The third-order valence-electron chi connectivity index (χ3n) is 7.23. The highest BCUT2D eigenvalue weighted by Gasteiger charge is 2.28. The molecule has 1 heterocycles. The molecule has 0 spiro atoms. The number of benzene rings is 3. The molecule has 41 heavy (non-hydrogen) atoms. The first-order valence-corrected chi connectivity index (χ1v) is 13.8. The van der Waals surface area contributed by atoms with Crippen LogP contribution < -0.4 is 15.6 Å². The van der Waals surface area contributed by atoms with Gasteiger partial charge < -0.3 is 10.1 Å². The van der Waals surface area contributed by atoms with Crippen molar-refractivity contribution in [2.24, 2.45) is 5.92 Å². The van der Waals surface area contributed by atoms with Crippen molar-refractivity contribution in [1.29, 1.82) is 0 Å². The zero-order chi connectivity index (χ0) is 28.9. The second-order valence-corrected chi connectivity index (χ2v) is 10.6. The molecule has 1 fully saturated rings. The van der Waals surface area contributed by atoms with Crippen LogP contribution in [0.15, 0.2) is 89.9 Å². The summed E-state index contributed by atoms with van der Waals surface area (Å²) >= 11 is 6.33. The van der Waals surface area contributed by atoms with Crippen LogP contribution in [0.4, 0.5) is 5.69 Å². The molecule has 1 aliphatic carbocycles. The van der Waals surface area contributed by atoms with Crippen LogP contribution in [0.25, 0.3) is 11.1 Å². The van der Waals surface area contributed by atoms with E-state index in [-0.39, 0.29) is 12.2 Å². The molecule has 208 valence electrons. The zero-order valence-corrected chi connectivity index (χ0v) is 23.3. The number of amides is 1. The SMILES string of the molecule is COc1cn(C(Cc2ccccc2)C(=O)Nc2ccc(C=O)cc2)c(=O)cc1-c1cc(Cl)ccc1C(=O)CC1CC1. The van der Waals surface area contributed by atoms with E-state index in [1.807, 2.05) is 30.3 Å². The van der Waals surface area contributed by atoms with E-state index in [9.17, 15) is 19.2 Å². The molecule has 1 amide bonds. The number of anilines is 1. The third kappa shape index (κ3) is 6.64. The second-order valence-electron chi connectivity index (χ2n) is 10.2. The van der Waals surface area contributed by atoms with Gasteiger partial charge in [0, 0.05) is 46.3 Å². The number of aromatic nitrogens is 1. The number of carbonyl (C=O) groups is 3. The van der Waals surface area contributed by atoms with Gasteiger partial charge in [0.05, 0.1) is 13.3 Å². The molecular formula is C33H29ClN2O5. The first kappa shape index (κ1) is 28.1. The van der Waals surface area contributed by atoms with E-state index >= 15 is 0 Å². The Morgan fingerprint density at radius 1 is 1.02 bits per heavy atom. The number of aldehydes is 1. The van der Waals surface area contributed by atoms with E-state index in [1.54, 1.807) is 42.5 Å². The first-order chi connectivity index (χ1) is 19.9. The molecule has 1 aliphatic rings. The van der Waals surface area contributed by atoms with Gasteiger partial charge in [-0.2, -0.15) is 0 Å². The quantitative estimate of drug-likeness (QED) is 0.167. The number of hydrogen-bond donors (Lipinski definition) is 1. The summed E-state index contributed by atoms with van der Waals surface area (Å²) in [5.74, 6) is 0.307. The molecule has 0 radical (unpaired) electrons. The monoisotopic (exact) mass is 568 g/mol. The number of ether oxygens (including phenoxy) is 1. The molecule has 0 saturated heterocycles. The van der Waals surface area contributed by atoms with E-state index < -0.39 is 17.5 Å². The molecule has 4 aromatic rings. The summed E-state index contributed by atoms with van der Waals surface area (Å²) < 4.78 is 7.06. The Kier molecular flexibility index (Phi) is 8.45. The second kappa shape index (κ2) is 12.4. The molecule has 1 aromatic heterocycles. The van der Waals surface area contributed by atoms with Gasteiger partial charge in [0.15, 0.2) is 5.78 Å². The minimum atomic E-state index is -0.922. The number of nitrogens with zero attached hydrogens (tertiary/aromatic N) is 1. The van der Waals surface area contributed by atoms with Crippen molar-refractivity contribution in [3.8, 4) is 16.9 Å². The fourth-order valence-electron chi connectivity index (χ4n) is 4.85. The van der Waals surface area contributed by atoms with Crippen LogP contribution in [0.5, 0.6) is 5.75 Å². The van der Waals surface area contributed by atoms with Crippen molar-refractivity contribution >= 4 is 35.3 Å². The van der Waals surface area contributed by atoms with E-state index in [4.69, 9.17) is 16.3 Å². The van der Waals surface area contributed by atoms with E-state index in [1.165, 1.54) is 23.9 Å². The Labute approximate surface area is 242 Å². The minimum Gasteiger partial charge on any atom is -0.495 e. The predicted octanol–water partition coefficient (Wildman–Crippen LogP) is 6.40. The van der Waals surface area contributed by atoms with Crippen molar-refractivity contribution < 1.29 is 19.1 Å². The highest BCUT2D eigenvalue weighted by Crippen LogP contribution is 2.38. The highest BCUT2D eigenvalue weighted by molar-refractivity contribution is 6.31. The summed E-state index contributed by atoms with van der Waals surface area (Å²) in [6, 6.07) is 21.4. The number of halogens is 1. The van der Waals surface area contributed by atoms with Gasteiger partial charge in [-0.1, -0.05) is 41.9 Å². The average Bonchev–Trinajstić information content (AvgIpc) is 3.80. The van der Waals surface area contributed by atoms with Gasteiger partial charge >= 0.3 is 0 Å². The fraction of sp³-hybridized carbons (Fsp3) is 0.212. The van der Waals surface area contributed by atoms with Crippen LogP contribution in [-0.4, -0.2) is 29.7 Å². The van der Waals surface area contributed by atoms with Crippen LogP contribution >= 0.6 is 11.6 Å². The van der Waals surface area contributed by atoms with Crippen molar-refractivity contribution in [3.63, 3.8) is 0 Å². The standard InChI is InChI=1S/C33H29ClN2O5/c1-41-31-19-36(32(39)18-28(31)27-17-24(34)11-14-26(27)30(38)16-22-7-8-22)29(15-21-5-3-2-4-6-21)33(40)35-25-12-9-23(20-37)10-13-25/h2-6,9-14,17-20,22,29H,7-8,15-16H2,1H3,(H,35,40). The largest absolute Gasteiger partial charge is 0.495 e. The maximum atomic E-state index is 13.7. The Morgan fingerprint density at radius 3 is 2.41 bits per heavy atom. The lowest BCUT2D eigenvalue weighted by Gasteiger charge is -2.22. The van der Waals surface area contributed by atoms with Crippen molar-refractivity contribution in [2.75, 3.05) is 12.4 Å². The zero-order valence-electron chi connectivity index (χ0n) is 22.5. The maximum absolute atomic E-state index is 13.7. The molecule has 1 unspecified atom stereocenters. The summed E-state index contributed by atoms with van der Waals surface area (Å²) in [7, 11) is 1.48. The van der Waals surface area contributed by atoms with Crippen LogP contribution in [0.1, 0.15) is 51.6 Å². The summed E-state index contributed by atoms with van der Waals surface area (Å²) in [6.45, 7) is 0. The molecule has 0 aliphatic heterocycles. The Balaban J connectivity index is 1.55. The van der Waals surface area contributed by atoms with Crippen molar-refractivity contribution in [1.82, 2.24) is 4.57 Å². The van der Waals surface area contributed by atoms with Crippen LogP contribution in [0.3, 0.4) is 0 Å². The number of rotatable bonds is 11. The molecule has 1 N–H and O–H groups in total. The lowest BCUT2D eigenvalue weighted by atomic mass is 9.94. The topological polar surface area (TPSA) is 94.5 Å². The lowest BCUT2D eigenvalue weighted by molar-refractivity contribution is -0.119. The molecule has 7 nitrogen and oxygen atoms in total. The average molecular weight is 569 g/mol. The van der Waals surface area contributed by atoms with E-state index in [2.05, 4.69) is 5.32 Å². The summed E-state index contributed by atoms with van der Waals surface area (Å²) in [4.78, 5) is 51.5. The number of pyridine rings is 1. The number of carbonyl (C=O) groups excluding carboxylic acids is 3. The van der Waals surface area contributed by atoms with Gasteiger partial charge in [0.1, 0.15) is 18.1 Å². The van der Waals surface area contributed by atoms with Crippen LogP contribution in [0, 0.1) is 5.92 Å². The number of nitrogens with one attached hydrogen (secondary N) is 1. The predicted molar refractivity (Wildman–Crippen MR) is 159 cm³/mol. The van der Waals surface area contributed by atoms with Gasteiger partial charge in [-0.05, 0) is 72.4 Å². The third-order valence-corrected chi connectivity index (χ3v) is 7.47. The van der Waals surface area contributed by atoms with Gasteiger partial charge in [0.25, 0.3) is 5.56 Å². The normalized spacial score (nSPS) is 13.3. The highest BCUT2D eigenvalue weighted by atomic mass is 35.5.